The third-order valence-corrected chi connectivity index (χ3v) is 4.65. The van der Waals surface area contributed by atoms with Crippen LogP contribution in [-0.4, -0.2) is 45.2 Å². The van der Waals surface area contributed by atoms with Crippen molar-refractivity contribution in [1.29, 1.82) is 0 Å². The largest absolute Gasteiger partial charge is 0.493 e. The Bertz CT molecular complexity index is 762. The van der Waals surface area contributed by atoms with Crippen molar-refractivity contribution in [3.63, 3.8) is 0 Å². The van der Waals surface area contributed by atoms with Crippen LogP contribution in [0.3, 0.4) is 0 Å². The molecular weight excluding hydrogens is 479 g/mol. The molecule has 0 aliphatic carbocycles. The summed E-state index contributed by atoms with van der Waals surface area (Å²) in [4.78, 5) is 6.70. The summed E-state index contributed by atoms with van der Waals surface area (Å²) in [5.74, 6) is 2.06. The second kappa shape index (κ2) is 13.3. The van der Waals surface area contributed by atoms with E-state index >= 15 is 0 Å². The van der Waals surface area contributed by atoms with E-state index in [2.05, 4.69) is 58.6 Å². The molecule has 2 aromatic carbocycles. The number of anilines is 1. The fraction of sp³-hybridized carbons (Fsp3) is 0.409. The number of hydrogen-bond acceptors (Lipinski definition) is 4. The van der Waals surface area contributed by atoms with Crippen LogP contribution in [0.2, 0.25) is 0 Å². The zero-order valence-corrected chi connectivity index (χ0v) is 20.3. The number of aliphatic imine (C=N–C) groups is 1. The molecule has 0 bridgehead atoms. The Labute approximate surface area is 191 Å². The topological polar surface area (TPSA) is 58.1 Å². The molecule has 0 radical (unpaired) electrons. The van der Waals surface area contributed by atoms with Gasteiger partial charge in [-0.1, -0.05) is 38.1 Å². The van der Waals surface area contributed by atoms with E-state index in [0.717, 1.165) is 25.3 Å². The maximum Gasteiger partial charge on any atom is 0.195 e. The number of nitrogens with zero attached hydrogens (tertiary/aromatic N) is 2. The normalized spacial score (nSPS) is 11.0. The number of benzene rings is 2. The predicted octanol–water partition coefficient (Wildman–Crippen LogP) is 4.35. The number of halogens is 1. The van der Waals surface area contributed by atoms with Crippen molar-refractivity contribution >= 4 is 35.6 Å². The Morgan fingerprint density at radius 3 is 2.10 bits per heavy atom. The minimum atomic E-state index is 0. The van der Waals surface area contributed by atoms with Crippen LogP contribution < -0.4 is 20.1 Å². The fourth-order valence-electron chi connectivity index (χ4n) is 2.88. The molecule has 0 aromatic heterocycles. The fourth-order valence-corrected chi connectivity index (χ4v) is 2.88. The Hall–Kier alpha value is -2.00. The average Bonchev–Trinajstić information content (AvgIpc) is 2.75. The lowest BCUT2D eigenvalue weighted by Crippen LogP contribution is -2.30. The van der Waals surface area contributed by atoms with E-state index in [1.807, 2.05) is 18.2 Å². The number of nitrogens with one attached hydrogen (secondary N) is 2. The van der Waals surface area contributed by atoms with Crippen molar-refractivity contribution in [3.05, 3.63) is 53.6 Å². The molecule has 0 unspecified atom stereocenters. The minimum Gasteiger partial charge on any atom is -0.493 e. The number of guanidine groups is 1. The summed E-state index contributed by atoms with van der Waals surface area (Å²) in [6.45, 7) is 8.20. The van der Waals surface area contributed by atoms with Crippen LogP contribution in [0.4, 0.5) is 5.69 Å². The van der Waals surface area contributed by atoms with E-state index in [-0.39, 0.29) is 24.0 Å². The molecule has 0 saturated heterocycles. The van der Waals surface area contributed by atoms with Crippen LogP contribution in [0.1, 0.15) is 25.0 Å². The van der Waals surface area contributed by atoms with Gasteiger partial charge in [0.15, 0.2) is 17.5 Å². The molecule has 0 aliphatic heterocycles. The van der Waals surface area contributed by atoms with Gasteiger partial charge in [-0.25, -0.2) is 0 Å². The van der Waals surface area contributed by atoms with Gasteiger partial charge in [-0.2, -0.15) is 0 Å². The van der Waals surface area contributed by atoms with E-state index in [4.69, 9.17) is 9.47 Å². The second-order valence-electron chi connectivity index (χ2n) is 6.40. The number of rotatable bonds is 9. The summed E-state index contributed by atoms with van der Waals surface area (Å²) in [7, 11) is 5.00. The third-order valence-electron chi connectivity index (χ3n) is 4.65. The Morgan fingerprint density at radius 1 is 0.931 bits per heavy atom. The van der Waals surface area contributed by atoms with E-state index in [0.29, 0.717) is 24.0 Å². The van der Waals surface area contributed by atoms with E-state index in [1.54, 1.807) is 21.3 Å². The molecule has 0 atom stereocenters. The first-order valence-electron chi connectivity index (χ1n) is 9.63. The smallest absolute Gasteiger partial charge is 0.195 e. The maximum atomic E-state index is 5.35. The number of hydrogen-bond donors (Lipinski definition) is 2. The number of ether oxygens (including phenoxy) is 2. The molecule has 0 heterocycles. The van der Waals surface area contributed by atoms with Gasteiger partial charge in [-0.15, -0.1) is 24.0 Å². The highest BCUT2D eigenvalue weighted by Gasteiger charge is 2.07. The first-order chi connectivity index (χ1) is 13.6. The van der Waals surface area contributed by atoms with Gasteiger partial charge in [0.25, 0.3) is 0 Å². The summed E-state index contributed by atoms with van der Waals surface area (Å²) in [6, 6.07) is 14.4. The van der Waals surface area contributed by atoms with Gasteiger partial charge >= 0.3 is 0 Å². The van der Waals surface area contributed by atoms with Crippen LogP contribution in [-0.2, 0) is 13.1 Å². The molecule has 0 spiro atoms. The first-order valence-corrected chi connectivity index (χ1v) is 9.63. The zero-order valence-electron chi connectivity index (χ0n) is 18.0. The second-order valence-corrected chi connectivity index (χ2v) is 6.40. The molecule has 0 saturated carbocycles. The lowest BCUT2D eigenvalue weighted by Gasteiger charge is -2.18. The highest BCUT2D eigenvalue weighted by atomic mass is 127. The van der Waals surface area contributed by atoms with Crippen LogP contribution >= 0.6 is 24.0 Å². The van der Waals surface area contributed by atoms with Crippen molar-refractivity contribution in [2.24, 2.45) is 4.99 Å². The van der Waals surface area contributed by atoms with Gasteiger partial charge in [0, 0.05) is 31.9 Å². The number of methoxy groups -OCH3 is 2. The third kappa shape index (κ3) is 7.74. The van der Waals surface area contributed by atoms with Gasteiger partial charge < -0.3 is 20.1 Å². The monoisotopic (exact) mass is 512 g/mol. The van der Waals surface area contributed by atoms with Gasteiger partial charge in [-0.05, 0) is 36.3 Å². The summed E-state index contributed by atoms with van der Waals surface area (Å²) >= 11 is 0. The summed E-state index contributed by atoms with van der Waals surface area (Å²) in [5, 5.41) is 6.61. The summed E-state index contributed by atoms with van der Waals surface area (Å²) in [5.41, 5.74) is 3.42. The SMILES string of the molecule is CCN(CC)Cc1ccc(CNC(=NC)Nc2ccc(OC)c(OC)c2)cc1.I. The van der Waals surface area contributed by atoms with Crippen LogP contribution in [0.15, 0.2) is 47.5 Å². The average molecular weight is 512 g/mol. The van der Waals surface area contributed by atoms with Crippen molar-refractivity contribution in [2.75, 3.05) is 39.7 Å². The molecular formula is C22H33IN4O2. The summed E-state index contributed by atoms with van der Waals surface area (Å²) < 4.78 is 10.6. The molecule has 7 heteroatoms. The molecule has 6 nitrogen and oxygen atoms in total. The van der Waals surface area contributed by atoms with Crippen molar-refractivity contribution < 1.29 is 9.47 Å². The van der Waals surface area contributed by atoms with Gasteiger partial charge in [0.1, 0.15) is 0 Å². The Kier molecular flexibility index (Phi) is 11.5. The quantitative estimate of drug-likeness (QED) is 0.297. The highest BCUT2D eigenvalue weighted by molar-refractivity contribution is 14.0. The van der Waals surface area contributed by atoms with E-state index in [1.165, 1.54) is 11.1 Å². The van der Waals surface area contributed by atoms with Crippen molar-refractivity contribution in [1.82, 2.24) is 10.2 Å². The predicted molar refractivity (Wildman–Crippen MR) is 132 cm³/mol. The lowest BCUT2D eigenvalue weighted by molar-refractivity contribution is 0.296. The minimum absolute atomic E-state index is 0. The molecule has 160 valence electrons. The Balaban J connectivity index is 0.00000420. The molecule has 2 N–H and O–H groups in total. The first kappa shape index (κ1) is 25.0. The summed E-state index contributed by atoms with van der Waals surface area (Å²) in [6.07, 6.45) is 0. The van der Waals surface area contributed by atoms with Crippen LogP contribution in [0.25, 0.3) is 0 Å². The van der Waals surface area contributed by atoms with Gasteiger partial charge in [-0.3, -0.25) is 9.89 Å². The molecule has 0 aliphatic rings. The molecule has 2 aromatic rings. The zero-order chi connectivity index (χ0) is 20.4. The van der Waals surface area contributed by atoms with E-state index < -0.39 is 0 Å². The molecule has 0 amide bonds. The highest BCUT2D eigenvalue weighted by Crippen LogP contribution is 2.29. The van der Waals surface area contributed by atoms with E-state index in [9.17, 15) is 0 Å². The van der Waals surface area contributed by atoms with Gasteiger partial charge in [0.05, 0.1) is 14.2 Å². The van der Waals surface area contributed by atoms with Crippen LogP contribution in [0.5, 0.6) is 11.5 Å². The van der Waals surface area contributed by atoms with Gasteiger partial charge in [0.2, 0.25) is 0 Å². The molecule has 0 fully saturated rings. The Morgan fingerprint density at radius 2 is 1.55 bits per heavy atom. The van der Waals surface area contributed by atoms with Crippen molar-refractivity contribution in [3.8, 4) is 11.5 Å². The maximum absolute atomic E-state index is 5.35. The molecule has 29 heavy (non-hydrogen) atoms. The van der Waals surface area contributed by atoms with Crippen LogP contribution in [0, 0.1) is 0 Å². The lowest BCUT2D eigenvalue weighted by atomic mass is 10.1. The van der Waals surface area contributed by atoms with Crippen molar-refractivity contribution in [2.45, 2.75) is 26.9 Å². The molecule has 2 rings (SSSR count). The standard InChI is InChI=1S/C22H32N4O2.HI/c1-6-26(7-2)16-18-10-8-17(9-11-18)15-24-22(23-3)25-19-12-13-20(27-4)21(14-19)28-5;/h8-14H,6-7,15-16H2,1-5H3,(H2,23,24,25);1H.